The molecular weight excluding hydrogens is 320 g/mol. The number of sulfonamides is 1. The smallest absolute Gasteiger partial charge is 0.374 e. The molecule has 23 heavy (non-hydrogen) atoms. The maximum absolute atomic E-state index is 12.0. The number of rotatable bonds is 4. The Labute approximate surface area is 135 Å². The van der Waals surface area contributed by atoms with Crippen molar-refractivity contribution in [1.29, 1.82) is 0 Å². The monoisotopic (exact) mass is 340 g/mol. The Hall–Kier alpha value is -1.74. The minimum absolute atomic E-state index is 0.0977. The van der Waals surface area contributed by atoms with E-state index >= 15 is 0 Å². The number of anilines is 1. The molecule has 2 fully saturated rings. The second-order valence-corrected chi connectivity index (χ2v) is 8.04. The van der Waals surface area contributed by atoms with Gasteiger partial charge >= 0.3 is 5.97 Å². The predicted octanol–water partition coefficient (Wildman–Crippen LogP) is 0.933. The normalized spacial score (nSPS) is 27.7. The van der Waals surface area contributed by atoms with Crippen LogP contribution >= 0.6 is 0 Å². The molecule has 8 nitrogen and oxygen atoms in total. The highest BCUT2D eigenvalue weighted by molar-refractivity contribution is 7.89. The minimum atomic E-state index is -3.05. The van der Waals surface area contributed by atoms with E-state index in [2.05, 4.69) is 15.3 Å². The first-order valence-electron chi connectivity index (χ1n) is 7.78. The molecule has 1 aromatic heterocycles. The maximum atomic E-state index is 12.0. The first kappa shape index (κ1) is 16.1. The van der Waals surface area contributed by atoms with Crippen molar-refractivity contribution in [1.82, 2.24) is 14.3 Å². The molecular formula is C14H20N4O4S. The zero-order chi connectivity index (χ0) is 16.4. The summed E-state index contributed by atoms with van der Waals surface area (Å²) in [4.78, 5) is 18.5. The van der Waals surface area contributed by atoms with Crippen LogP contribution in [-0.4, -0.2) is 58.1 Å². The van der Waals surface area contributed by atoms with Crippen LogP contribution in [0.4, 0.5) is 5.82 Å². The van der Waals surface area contributed by atoms with Gasteiger partial charge in [0.15, 0.2) is 0 Å². The van der Waals surface area contributed by atoms with Crippen molar-refractivity contribution in [2.45, 2.75) is 44.2 Å². The van der Waals surface area contributed by atoms with Gasteiger partial charge in [-0.15, -0.1) is 0 Å². The van der Waals surface area contributed by atoms with Crippen LogP contribution in [0.3, 0.4) is 0 Å². The average molecular weight is 340 g/mol. The molecule has 2 aliphatic rings. The van der Waals surface area contributed by atoms with E-state index < -0.39 is 16.0 Å². The number of hydrogen-bond donors (Lipinski definition) is 2. The van der Waals surface area contributed by atoms with Crippen LogP contribution in [0, 0.1) is 0 Å². The van der Waals surface area contributed by atoms with Crippen molar-refractivity contribution in [3.63, 3.8) is 0 Å². The molecule has 2 heterocycles. The highest BCUT2D eigenvalue weighted by Gasteiger charge is 2.36. The molecule has 0 bridgehead atoms. The van der Waals surface area contributed by atoms with Crippen molar-refractivity contribution in [2.75, 3.05) is 17.6 Å². The highest BCUT2D eigenvalue weighted by Crippen LogP contribution is 2.29. The fraction of sp³-hybridized carbons (Fsp3) is 0.643. The number of carboxylic acid groups (broad SMARTS) is 1. The minimum Gasteiger partial charge on any atom is -0.475 e. The van der Waals surface area contributed by atoms with Crippen molar-refractivity contribution in [3.05, 3.63) is 18.1 Å². The van der Waals surface area contributed by atoms with E-state index in [0.29, 0.717) is 12.4 Å². The molecule has 0 amide bonds. The number of carboxylic acids is 1. The lowest BCUT2D eigenvalue weighted by Crippen LogP contribution is -2.41. The van der Waals surface area contributed by atoms with Gasteiger partial charge in [0.05, 0.1) is 5.75 Å². The summed E-state index contributed by atoms with van der Waals surface area (Å²) in [6.45, 7) is 0.638. The van der Waals surface area contributed by atoms with Gasteiger partial charge in [-0.25, -0.2) is 23.2 Å². The third-order valence-electron chi connectivity index (χ3n) is 4.44. The van der Waals surface area contributed by atoms with Crippen molar-refractivity contribution >= 4 is 21.8 Å². The molecule has 1 aliphatic heterocycles. The first-order chi connectivity index (χ1) is 11.0. The molecule has 0 spiro atoms. The topological polar surface area (TPSA) is 112 Å². The van der Waals surface area contributed by atoms with Crippen LogP contribution in [0.15, 0.2) is 12.3 Å². The van der Waals surface area contributed by atoms with Crippen LogP contribution in [0.5, 0.6) is 0 Å². The molecule has 0 unspecified atom stereocenters. The van der Waals surface area contributed by atoms with Crippen LogP contribution in [0.2, 0.25) is 0 Å². The lowest BCUT2D eigenvalue weighted by molar-refractivity contribution is 0.0683. The Kier molecular flexibility index (Phi) is 4.49. The molecule has 9 heteroatoms. The average Bonchev–Trinajstić information content (AvgIpc) is 2.88. The van der Waals surface area contributed by atoms with E-state index in [1.165, 1.54) is 6.20 Å². The largest absolute Gasteiger partial charge is 0.475 e. The number of carbonyl (C=O) groups is 1. The van der Waals surface area contributed by atoms with Crippen molar-refractivity contribution < 1.29 is 18.3 Å². The summed E-state index contributed by atoms with van der Waals surface area (Å²) in [5, 5.41) is 12.1. The summed E-state index contributed by atoms with van der Waals surface area (Å²) < 4.78 is 25.6. The summed E-state index contributed by atoms with van der Waals surface area (Å²) in [6.07, 6.45) is 5.44. The summed E-state index contributed by atoms with van der Waals surface area (Å²) in [6, 6.07) is 1.91. The fourth-order valence-corrected chi connectivity index (χ4v) is 5.13. The van der Waals surface area contributed by atoms with Gasteiger partial charge in [0.2, 0.25) is 15.8 Å². The van der Waals surface area contributed by atoms with Crippen LogP contribution in [-0.2, 0) is 10.0 Å². The first-order valence-corrected chi connectivity index (χ1v) is 9.39. The Bertz CT molecular complexity index is 686. The highest BCUT2D eigenvalue weighted by atomic mass is 32.2. The summed E-state index contributed by atoms with van der Waals surface area (Å²) in [5.41, 5.74) is 0. The van der Waals surface area contributed by atoms with Crippen LogP contribution in [0.25, 0.3) is 0 Å². The van der Waals surface area contributed by atoms with E-state index in [1.54, 1.807) is 10.4 Å². The molecule has 2 N–H and O–H groups in total. The summed E-state index contributed by atoms with van der Waals surface area (Å²) in [5.74, 6) is -0.623. The lowest BCUT2D eigenvalue weighted by Gasteiger charge is -2.34. The van der Waals surface area contributed by atoms with Gasteiger partial charge in [-0.1, -0.05) is 0 Å². The number of nitrogens with one attached hydrogen (secondary N) is 1. The van der Waals surface area contributed by atoms with Gasteiger partial charge in [0.1, 0.15) is 5.82 Å². The standard InChI is InChI=1S/C14H20N4O4S/c19-14(20)13-15-7-6-12(17-13)16-10-2-4-11(5-3-10)18-8-1-9-23(18,21)22/h6-7,10-11H,1-5,8-9H2,(H,19,20)(H,15,16,17). The molecule has 1 saturated heterocycles. The van der Waals surface area contributed by atoms with Gasteiger partial charge < -0.3 is 10.4 Å². The number of aromatic carboxylic acids is 1. The number of aromatic nitrogens is 2. The van der Waals surface area contributed by atoms with Crippen LogP contribution in [0.1, 0.15) is 42.7 Å². The molecule has 1 aromatic rings. The molecule has 0 radical (unpaired) electrons. The van der Waals surface area contributed by atoms with E-state index in [4.69, 9.17) is 5.11 Å². The quantitative estimate of drug-likeness (QED) is 0.838. The molecule has 0 atom stereocenters. The van der Waals surface area contributed by atoms with Gasteiger partial charge in [-0.2, -0.15) is 4.31 Å². The summed E-state index contributed by atoms with van der Waals surface area (Å²) >= 11 is 0. The van der Waals surface area contributed by atoms with Crippen molar-refractivity contribution in [3.8, 4) is 0 Å². The second kappa shape index (κ2) is 6.40. The molecule has 126 valence electrons. The van der Waals surface area contributed by atoms with E-state index in [-0.39, 0.29) is 23.7 Å². The molecule has 0 aromatic carbocycles. The lowest BCUT2D eigenvalue weighted by atomic mass is 9.91. The van der Waals surface area contributed by atoms with E-state index in [1.807, 2.05) is 0 Å². The van der Waals surface area contributed by atoms with Gasteiger partial charge in [-0.05, 0) is 38.2 Å². The maximum Gasteiger partial charge on any atom is 0.374 e. The van der Waals surface area contributed by atoms with Gasteiger partial charge in [-0.3, -0.25) is 0 Å². The number of hydrogen-bond acceptors (Lipinski definition) is 6. The van der Waals surface area contributed by atoms with E-state index in [9.17, 15) is 13.2 Å². The van der Waals surface area contributed by atoms with Gasteiger partial charge in [0, 0.05) is 24.8 Å². The Morgan fingerprint density at radius 1 is 1.30 bits per heavy atom. The van der Waals surface area contributed by atoms with Gasteiger partial charge in [0.25, 0.3) is 0 Å². The van der Waals surface area contributed by atoms with Crippen LogP contribution < -0.4 is 5.32 Å². The fourth-order valence-electron chi connectivity index (χ4n) is 3.33. The zero-order valence-corrected chi connectivity index (χ0v) is 13.5. The van der Waals surface area contributed by atoms with Crippen molar-refractivity contribution in [2.24, 2.45) is 0 Å². The Morgan fingerprint density at radius 2 is 2.04 bits per heavy atom. The SMILES string of the molecule is O=C(O)c1nccc(NC2CCC(N3CCCS3(=O)=O)CC2)n1. The predicted molar refractivity (Wildman–Crippen MR) is 83.8 cm³/mol. The Balaban J connectivity index is 1.57. The zero-order valence-electron chi connectivity index (χ0n) is 12.7. The molecule has 1 aliphatic carbocycles. The Morgan fingerprint density at radius 3 is 2.65 bits per heavy atom. The third kappa shape index (κ3) is 3.61. The van der Waals surface area contributed by atoms with E-state index in [0.717, 1.165) is 32.1 Å². The molecule has 1 saturated carbocycles. The second-order valence-electron chi connectivity index (χ2n) is 6.00. The molecule has 3 rings (SSSR count). The third-order valence-corrected chi connectivity index (χ3v) is 6.44. The number of nitrogens with zero attached hydrogens (tertiary/aromatic N) is 3. The summed E-state index contributed by atoms with van der Waals surface area (Å²) in [7, 11) is -3.05.